The van der Waals surface area contributed by atoms with E-state index in [1.54, 1.807) is 23.8 Å². The molecule has 0 N–H and O–H groups in total. The van der Waals surface area contributed by atoms with Crippen LogP contribution in [-0.4, -0.2) is 12.0 Å². The van der Waals surface area contributed by atoms with Crippen LogP contribution in [0.2, 0.25) is 0 Å². The largest absolute Gasteiger partial charge is 0.490 e. The maximum Gasteiger partial charge on any atom is 0.310 e. The minimum Gasteiger partial charge on any atom is -0.490 e. The number of methoxy groups -OCH3 is 1. The Morgan fingerprint density at radius 1 is 1.44 bits per heavy atom. The highest BCUT2D eigenvalue weighted by Crippen LogP contribution is 2.38. The van der Waals surface area contributed by atoms with Crippen molar-refractivity contribution >= 4 is 18.9 Å². The number of ether oxygens (including phenoxy) is 1. The molecule has 0 aliphatic carbocycles. The van der Waals surface area contributed by atoms with Crippen LogP contribution < -0.4 is 10.0 Å². The van der Waals surface area contributed by atoms with Crippen molar-refractivity contribution in [2.24, 2.45) is 0 Å². The van der Waals surface area contributed by atoms with E-state index in [0.29, 0.717) is 0 Å². The van der Waals surface area contributed by atoms with E-state index in [4.69, 9.17) is 4.74 Å². The molecule has 0 saturated carbocycles. The summed E-state index contributed by atoms with van der Waals surface area (Å²) in [6.45, 7) is 7.41. The van der Waals surface area contributed by atoms with E-state index in [1.165, 1.54) is 13.2 Å². The summed E-state index contributed by atoms with van der Waals surface area (Å²) in [7, 11) is 0.733. The van der Waals surface area contributed by atoms with E-state index >= 15 is 0 Å². The van der Waals surface area contributed by atoms with Gasteiger partial charge in [-0.1, -0.05) is 24.8 Å². The molecule has 0 heterocycles. The molecule has 0 atom stereocenters. The van der Waals surface area contributed by atoms with Crippen molar-refractivity contribution in [2.75, 3.05) is 7.11 Å². The van der Waals surface area contributed by atoms with Crippen LogP contribution in [0.25, 0.3) is 0 Å². The van der Waals surface area contributed by atoms with Crippen LogP contribution in [0.5, 0.6) is 5.75 Å². The molecule has 84 valence electrons. The van der Waals surface area contributed by atoms with Crippen molar-refractivity contribution in [2.45, 2.75) is 0 Å². The van der Waals surface area contributed by atoms with Gasteiger partial charge in [0, 0.05) is 6.07 Å². The number of hydrogen-bond donors (Lipinski definition) is 0. The summed E-state index contributed by atoms with van der Waals surface area (Å²) in [5.41, 5.74) is -0.0330. The first-order chi connectivity index (χ1) is 7.63. The lowest BCUT2D eigenvalue weighted by atomic mass is 10.3. The lowest BCUT2D eigenvalue weighted by Gasteiger charge is -2.09. The summed E-state index contributed by atoms with van der Waals surface area (Å²) < 4.78 is 4.99. The average molecular weight is 237 g/mol. The molecule has 5 heteroatoms. The van der Waals surface area contributed by atoms with E-state index in [9.17, 15) is 10.1 Å². The van der Waals surface area contributed by atoms with Crippen molar-refractivity contribution in [3.8, 4) is 5.75 Å². The Morgan fingerprint density at radius 3 is 2.50 bits per heavy atom. The predicted octanol–water partition coefficient (Wildman–Crippen LogP) is 3.00. The van der Waals surface area contributed by atoms with E-state index in [0.717, 1.165) is 5.30 Å². The Labute approximate surface area is 95.1 Å². The molecular formula is C11H12NO3P. The van der Waals surface area contributed by atoms with Crippen molar-refractivity contribution in [3.05, 3.63) is 53.1 Å². The van der Waals surface area contributed by atoms with Crippen LogP contribution in [-0.2, 0) is 0 Å². The first-order valence-electron chi connectivity index (χ1n) is 4.50. The Hall–Kier alpha value is -1.67. The topological polar surface area (TPSA) is 52.4 Å². The Bertz CT molecular complexity index is 423. The van der Waals surface area contributed by atoms with Crippen LogP contribution >= 0.6 is 7.92 Å². The van der Waals surface area contributed by atoms with Gasteiger partial charge in [-0.3, -0.25) is 10.1 Å². The van der Waals surface area contributed by atoms with Gasteiger partial charge < -0.3 is 4.74 Å². The molecule has 0 amide bonds. The lowest BCUT2D eigenvalue weighted by molar-refractivity contribution is -0.385. The highest BCUT2D eigenvalue weighted by atomic mass is 31.1. The summed E-state index contributed by atoms with van der Waals surface area (Å²) in [5.74, 6) is 3.82. The monoisotopic (exact) mass is 237 g/mol. The fraction of sp³-hybridized carbons (Fsp3) is 0.0909. The molecule has 0 fully saturated rings. The Morgan fingerprint density at radius 2 is 2.06 bits per heavy atom. The number of nitro groups is 1. The summed E-state index contributed by atoms with van der Waals surface area (Å²) >= 11 is 0. The zero-order valence-electron chi connectivity index (χ0n) is 8.92. The second kappa shape index (κ2) is 5.42. The number of benzene rings is 1. The molecular weight excluding hydrogens is 225 g/mol. The van der Waals surface area contributed by atoms with Gasteiger partial charge >= 0.3 is 5.69 Å². The molecule has 0 aliphatic heterocycles. The minimum absolute atomic E-state index is 0.0330. The molecule has 0 radical (unpaired) electrons. The summed E-state index contributed by atoms with van der Waals surface area (Å²) in [5, 5.41) is 11.6. The third-order valence-electron chi connectivity index (χ3n) is 2.05. The highest BCUT2D eigenvalue weighted by molar-refractivity contribution is 7.71. The molecule has 4 nitrogen and oxygen atoms in total. The Kier molecular flexibility index (Phi) is 4.20. The molecule has 1 aromatic rings. The second-order valence-electron chi connectivity index (χ2n) is 2.89. The quantitative estimate of drug-likeness (QED) is 0.449. The van der Waals surface area contributed by atoms with Crippen molar-refractivity contribution < 1.29 is 9.66 Å². The zero-order chi connectivity index (χ0) is 12.1. The molecule has 0 bridgehead atoms. The van der Waals surface area contributed by atoms with Gasteiger partial charge in [0.2, 0.25) is 0 Å². The van der Waals surface area contributed by atoms with Gasteiger partial charge in [0.15, 0.2) is 5.75 Å². The maximum absolute atomic E-state index is 10.7. The van der Waals surface area contributed by atoms with E-state index in [-0.39, 0.29) is 11.4 Å². The number of rotatable bonds is 5. The van der Waals surface area contributed by atoms with Gasteiger partial charge in [-0.2, -0.15) is 0 Å². The zero-order valence-corrected chi connectivity index (χ0v) is 9.81. The van der Waals surface area contributed by atoms with Gasteiger partial charge in [-0.05, 0) is 25.4 Å². The SMILES string of the molecule is C=CP(C=C)c1ccc([N+](=O)[O-])c(OC)c1. The van der Waals surface area contributed by atoms with E-state index in [2.05, 4.69) is 13.2 Å². The van der Waals surface area contributed by atoms with E-state index < -0.39 is 12.8 Å². The summed E-state index contributed by atoms with van der Waals surface area (Å²) in [6, 6.07) is 4.80. The van der Waals surface area contributed by atoms with Crippen LogP contribution in [0.3, 0.4) is 0 Å². The van der Waals surface area contributed by atoms with Crippen LogP contribution in [0.15, 0.2) is 43.0 Å². The fourth-order valence-electron chi connectivity index (χ4n) is 1.26. The van der Waals surface area contributed by atoms with Gasteiger partial charge in [0.05, 0.1) is 12.0 Å². The van der Waals surface area contributed by atoms with Gasteiger partial charge in [-0.15, -0.1) is 0 Å². The van der Waals surface area contributed by atoms with Crippen molar-refractivity contribution in [1.29, 1.82) is 0 Å². The molecule has 0 aromatic heterocycles. The minimum atomic E-state index is -0.680. The summed E-state index contributed by atoms with van der Waals surface area (Å²) in [6.07, 6.45) is 0. The average Bonchev–Trinajstić information content (AvgIpc) is 2.30. The van der Waals surface area contributed by atoms with Crippen molar-refractivity contribution in [3.63, 3.8) is 0 Å². The first-order valence-corrected chi connectivity index (χ1v) is 5.98. The first kappa shape index (κ1) is 12.4. The molecule has 0 spiro atoms. The summed E-state index contributed by atoms with van der Waals surface area (Å²) in [4.78, 5) is 10.2. The number of nitro benzene ring substituents is 1. The molecule has 0 unspecified atom stereocenters. The van der Waals surface area contributed by atoms with E-state index in [1.807, 2.05) is 0 Å². The molecule has 16 heavy (non-hydrogen) atoms. The third-order valence-corrected chi connectivity index (χ3v) is 3.71. The highest BCUT2D eigenvalue weighted by Gasteiger charge is 2.16. The molecule has 1 aromatic carbocycles. The predicted molar refractivity (Wildman–Crippen MR) is 66.6 cm³/mol. The number of hydrogen-bond acceptors (Lipinski definition) is 3. The van der Waals surface area contributed by atoms with Crippen LogP contribution in [0.1, 0.15) is 0 Å². The smallest absolute Gasteiger partial charge is 0.310 e. The fourth-order valence-corrected chi connectivity index (χ4v) is 2.35. The maximum atomic E-state index is 10.7. The lowest BCUT2D eigenvalue weighted by Crippen LogP contribution is -2.02. The van der Waals surface area contributed by atoms with Gasteiger partial charge in [-0.25, -0.2) is 0 Å². The Balaban J connectivity index is 3.22. The van der Waals surface area contributed by atoms with Crippen LogP contribution in [0.4, 0.5) is 5.69 Å². The molecule has 1 rings (SSSR count). The third kappa shape index (κ3) is 2.47. The van der Waals surface area contributed by atoms with Crippen molar-refractivity contribution in [1.82, 2.24) is 0 Å². The number of nitrogens with zero attached hydrogens (tertiary/aromatic N) is 1. The molecule has 0 saturated heterocycles. The van der Waals surface area contributed by atoms with Gasteiger partial charge in [0.1, 0.15) is 0 Å². The standard InChI is InChI=1S/C11H12NO3P/c1-4-16(5-2)9-6-7-10(12(13)14)11(8-9)15-3/h4-8H,1-2H2,3H3. The molecule has 0 aliphatic rings. The van der Waals surface area contributed by atoms with Gasteiger partial charge in [0.25, 0.3) is 0 Å². The second-order valence-corrected chi connectivity index (χ2v) is 4.95. The van der Waals surface area contributed by atoms with Crippen LogP contribution in [0, 0.1) is 10.1 Å². The normalized spacial score (nSPS) is 9.88.